The summed E-state index contributed by atoms with van der Waals surface area (Å²) in [7, 11) is 0. The van der Waals surface area contributed by atoms with Crippen LogP contribution in [0.2, 0.25) is 0 Å². The van der Waals surface area contributed by atoms with Gasteiger partial charge in [0.15, 0.2) is 0 Å². The van der Waals surface area contributed by atoms with Crippen LogP contribution in [0.5, 0.6) is 0 Å². The maximum atomic E-state index is 12.1. The monoisotopic (exact) mass is 297 g/mol. The molecule has 3 unspecified atom stereocenters. The molecular formula is C15H27N3O3. The summed E-state index contributed by atoms with van der Waals surface area (Å²) < 4.78 is 0. The average molecular weight is 297 g/mol. The minimum atomic E-state index is -0.967. The number of piperidine rings is 1. The van der Waals surface area contributed by atoms with Gasteiger partial charge in [0.25, 0.3) is 0 Å². The van der Waals surface area contributed by atoms with Crippen LogP contribution in [-0.4, -0.2) is 53.2 Å². The normalized spacial score (nSPS) is 28.5. The summed E-state index contributed by atoms with van der Waals surface area (Å²) in [5.74, 6) is -1.05. The van der Waals surface area contributed by atoms with Gasteiger partial charge in [-0.25, -0.2) is 9.59 Å². The summed E-state index contributed by atoms with van der Waals surface area (Å²) in [5.41, 5.74) is 0. The third-order valence-corrected chi connectivity index (χ3v) is 4.94. The highest BCUT2D eigenvalue weighted by molar-refractivity contribution is 5.82. The van der Waals surface area contributed by atoms with Crippen LogP contribution >= 0.6 is 0 Å². The molecule has 21 heavy (non-hydrogen) atoms. The van der Waals surface area contributed by atoms with E-state index in [1.807, 2.05) is 13.8 Å². The third-order valence-electron chi connectivity index (χ3n) is 4.94. The van der Waals surface area contributed by atoms with Gasteiger partial charge >= 0.3 is 12.0 Å². The van der Waals surface area contributed by atoms with E-state index in [-0.39, 0.29) is 18.0 Å². The molecule has 120 valence electrons. The number of fused-ring (bicyclic) bond motifs is 1. The average Bonchev–Trinajstić information content (AvgIpc) is 2.87. The molecule has 3 N–H and O–H groups in total. The van der Waals surface area contributed by atoms with Crippen LogP contribution in [0.3, 0.4) is 0 Å². The Morgan fingerprint density at radius 3 is 2.71 bits per heavy atom. The molecule has 2 saturated heterocycles. The van der Waals surface area contributed by atoms with Gasteiger partial charge in [-0.05, 0) is 31.7 Å². The third kappa shape index (κ3) is 3.87. The second kappa shape index (κ2) is 7.11. The Balaban J connectivity index is 1.87. The van der Waals surface area contributed by atoms with E-state index in [0.717, 1.165) is 32.4 Å². The van der Waals surface area contributed by atoms with E-state index in [2.05, 4.69) is 15.5 Å². The second-order valence-corrected chi connectivity index (χ2v) is 6.31. The number of hydrogen-bond donors (Lipinski definition) is 3. The highest BCUT2D eigenvalue weighted by Crippen LogP contribution is 2.27. The van der Waals surface area contributed by atoms with Crippen molar-refractivity contribution in [2.24, 2.45) is 5.92 Å². The Labute approximate surface area is 126 Å². The number of urea groups is 1. The predicted octanol–water partition coefficient (Wildman–Crippen LogP) is 1.41. The van der Waals surface area contributed by atoms with Crippen LogP contribution < -0.4 is 10.6 Å². The number of rotatable bonds is 5. The van der Waals surface area contributed by atoms with Crippen LogP contribution in [0.15, 0.2) is 0 Å². The van der Waals surface area contributed by atoms with Crippen molar-refractivity contribution in [3.63, 3.8) is 0 Å². The molecule has 6 nitrogen and oxygen atoms in total. The molecule has 6 heteroatoms. The molecule has 0 radical (unpaired) electrons. The molecule has 0 bridgehead atoms. The summed E-state index contributed by atoms with van der Waals surface area (Å²) in [4.78, 5) is 25.8. The van der Waals surface area contributed by atoms with Crippen molar-refractivity contribution >= 4 is 12.0 Å². The van der Waals surface area contributed by atoms with E-state index in [4.69, 9.17) is 0 Å². The largest absolute Gasteiger partial charge is 0.480 e. The molecule has 0 aromatic carbocycles. The van der Waals surface area contributed by atoms with Crippen LogP contribution in [0, 0.1) is 5.92 Å². The van der Waals surface area contributed by atoms with E-state index in [9.17, 15) is 14.7 Å². The lowest BCUT2D eigenvalue weighted by Gasteiger charge is -2.32. The zero-order valence-corrected chi connectivity index (χ0v) is 13.0. The summed E-state index contributed by atoms with van der Waals surface area (Å²) in [6.45, 7) is 5.92. The molecular weight excluding hydrogens is 270 g/mol. The number of carbonyl (C=O) groups is 2. The summed E-state index contributed by atoms with van der Waals surface area (Å²) in [5, 5.41) is 14.8. The minimum absolute atomic E-state index is 0.0805. The number of carboxylic acids is 1. The smallest absolute Gasteiger partial charge is 0.326 e. The van der Waals surface area contributed by atoms with Gasteiger partial charge in [-0.2, -0.15) is 0 Å². The first-order chi connectivity index (χ1) is 10.0. The van der Waals surface area contributed by atoms with Gasteiger partial charge in [-0.1, -0.05) is 26.7 Å². The topological polar surface area (TPSA) is 81.7 Å². The van der Waals surface area contributed by atoms with Gasteiger partial charge in [0.1, 0.15) is 6.04 Å². The Kier molecular flexibility index (Phi) is 5.45. The van der Waals surface area contributed by atoms with Gasteiger partial charge in [0.2, 0.25) is 0 Å². The molecule has 0 aromatic rings. The lowest BCUT2D eigenvalue weighted by atomic mass is 9.98. The molecule has 2 rings (SSSR count). The van der Waals surface area contributed by atoms with Crippen molar-refractivity contribution in [2.75, 3.05) is 13.1 Å². The number of carbonyl (C=O) groups excluding carboxylic acids is 1. The molecule has 0 spiro atoms. The highest BCUT2D eigenvalue weighted by atomic mass is 16.4. The maximum absolute atomic E-state index is 12.1. The minimum Gasteiger partial charge on any atom is -0.480 e. The molecule has 0 saturated carbocycles. The standard InChI is InChI=1S/C15H27N3O3/c1-3-10(2)13(14(19)20)17-15(21)16-11-7-9-18-8-5-4-6-12(11)18/h10-13H,3-9H2,1-2H3,(H,19,20)(H2,16,17,21)/t10?,11?,12?,13-/m0/s1. The molecule has 2 aliphatic heterocycles. The van der Waals surface area contributed by atoms with E-state index in [1.54, 1.807) is 0 Å². The SMILES string of the molecule is CCC(C)[C@H](NC(=O)NC1CCN2CCCCC12)C(=O)O. The Bertz CT molecular complexity index is 388. The first-order valence-corrected chi connectivity index (χ1v) is 8.06. The van der Waals surface area contributed by atoms with Crippen LogP contribution in [-0.2, 0) is 4.79 Å². The molecule has 0 aliphatic carbocycles. The van der Waals surface area contributed by atoms with Gasteiger partial charge in [0, 0.05) is 18.6 Å². The van der Waals surface area contributed by atoms with Crippen molar-refractivity contribution < 1.29 is 14.7 Å². The number of carboxylic acid groups (broad SMARTS) is 1. The van der Waals surface area contributed by atoms with Gasteiger partial charge < -0.3 is 15.7 Å². The Morgan fingerprint density at radius 1 is 1.29 bits per heavy atom. The lowest BCUT2D eigenvalue weighted by Crippen LogP contribution is -2.54. The first-order valence-electron chi connectivity index (χ1n) is 8.06. The fourth-order valence-electron chi connectivity index (χ4n) is 3.45. The first kappa shape index (κ1) is 16.1. The quantitative estimate of drug-likeness (QED) is 0.716. The summed E-state index contributed by atoms with van der Waals surface area (Å²) >= 11 is 0. The Hall–Kier alpha value is -1.30. The summed E-state index contributed by atoms with van der Waals surface area (Å²) in [6.07, 6.45) is 5.25. The highest BCUT2D eigenvalue weighted by Gasteiger charge is 2.36. The fraction of sp³-hybridized carbons (Fsp3) is 0.867. The van der Waals surface area contributed by atoms with Crippen molar-refractivity contribution in [3.8, 4) is 0 Å². The number of aliphatic carboxylic acids is 1. The lowest BCUT2D eigenvalue weighted by molar-refractivity contribution is -0.140. The van der Waals surface area contributed by atoms with Crippen molar-refractivity contribution in [2.45, 2.75) is 64.1 Å². The van der Waals surface area contributed by atoms with Crippen molar-refractivity contribution in [1.29, 1.82) is 0 Å². The second-order valence-electron chi connectivity index (χ2n) is 6.31. The zero-order chi connectivity index (χ0) is 15.4. The predicted molar refractivity (Wildman–Crippen MR) is 80.2 cm³/mol. The van der Waals surface area contributed by atoms with E-state index in [0.29, 0.717) is 6.04 Å². The van der Waals surface area contributed by atoms with Crippen LogP contribution in [0.4, 0.5) is 4.79 Å². The van der Waals surface area contributed by atoms with Crippen LogP contribution in [0.25, 0.3) is 0 Å². The molecule has 4 atom stereocenters. The molecule has 0 aromatic heterocycles. The van der Waals surface area contributed by atoms with Gasteiger partial charge in [0.05, 0.1) is 0 Å². The van der Waals surface area contributed by atoms with E-state index in [1.165, 1.54) is 12.8 Å². The maximum Gasteiger partial charge on any atom is 0.326 e. The molecule has 2 aliphatic rings. The fourth-order valence-corrected chi connectivity index (χ4v) is 3.45. The van der Waals surface area contributed by atoms with Gasteiger partial charge in [-0.15, -0.1) is 0 Å². The van der Waals surface area contributed by atoms with E-state index >= 15 is 0 Å². The number of nitrogens with one attached hydrogen (secondary N) is 2. The molecule has 2 heterocycles. The van der Waals surface area contributed by atoms with E-state index < -0.39 is 12.0 Å². The van der Waals surface area contributed by atoms with Crippen LogP contribution in [0.1, 0.15) is 46.0 Å². The molecule has 2 amide bonds. The number of hydrogen-bond acceptors (Lipinski definition) is 3. The number of nitrogens with zero attached hydrogens (tertiary/aromatic N) is 1. The van der Waals surface area contributed by atoms with Crippen molar-refractivity contribution in [1.82, 2.24) is 15.5 Å². The zero-order valence-electron chi connectivity index (χ0n) is 13.0. The Morgan fingerprint density at radius 2 is 2.05 bits per heavy atom. The van der Waals surface area contributed by atoms with Gasteiger partial charge in [-0.3, -0.25) is 4.90 Å². The van der Waals surface area contributed by atoms with Crippen molar-refractivity contribution in [3.05, 3.63) is 0 Å². The summed E-state index contributed by atoms with van der Waals surface area (Å²) in [6, 6.07) is -0.591. The molecule has 2 fully saturated rings. The number of amides is 2.